The van der Waals surface area contributed by atoms with Gasteiger partial charge in [-0.1, -0.05) is 6.58 Å². The number of hydrogen-bond donors (Lipinski definition) is 1. The Morgan fingerprint density at radius 1 is 1.62 bits per heavy atom. The third kappa shape index (κ3) is 5.08. The fourth-order valence-corrected chi connectivity index (χ4v) is 0.207. The Morgan fingerprint density at radius 3 is 2.25 bits per heavy atom. The molecule has 0 aromatic carbocycles. The van der Waals surface area contributed by atoms with Gasteiger partial charge in [-0.05, 0) is 19.4 Å². The predicted molar refractivity (Wildman–Crippen MR) is 36.7 cm³/mol. The molecule has 0 saturated heterocycles. The molecule has 0 radical (unpaired) electrons. The van der Waals surface area contributed by atoms with Crippen LogP contribution in [0.2, 0.25) is 0 Å². The minimum atomic E-state index is 0.313. The average molecular weight is 110 g/mol. The molecule has 0 atom stereocenters. The van der Waals surface area contributed by atoms with Crippen LogP contribution in [0.15, 0.2) is 17.1 Å². The zero-order chi connectivity index (χ0) is 6.57. The standard InChI is InChI=1S/C6H10N2/c1-5(2)4-8-6(3)7/h4,7H,1H2,2-3H3. The van der Waals surface area contributed by atoms with Crippen LogP contribution < -0.4 is 0 Å². The lowest BCUT2D eigenvalue weighted by molar-refractivity contribution is 1.41. The van der Waals surface area contributed by atoms with Crippen LogP contribution in [0.4, 0.5) is 0 Å². The highest BCUT2D eigenvalue weighted by molar-refractivity contribution is 5.90. The normalized spacial score (nSPS) is 9.75. The van der Waals surface area contributed by atoms with E-state index >= 15 is 0 Å². The molecule has 0 unspecified atom stereocenters. The van der Waals surface area contributed by atoms with E-state index in [0.29, 0.717) is 5.84 Å². The van der Waals surface area contributed by atoms with Crippen LogP contribution in [0.1, 0.15) is 13.8 Å². The molecule has 0 aromatic rings. The molecule has 0 aliphatic rings. The molecule has 0 rings (SSSR count). The maximum absolute atomic E-state index is 6.85. The van der Waals surface area contributed by atoms with Gasteiger partial charge in [0.2, 0.25) is 0 Å². The number of rotatable bonds is 1. The van der Waals surface area contributed by atoms with E-state index in [1.807, 2.05) is 6.92 Å². The van der Waals surface area contributed by atoms with Crippen LogP contribution >= 0.6 is 0 Å². The quantitative estimate of drug-likeness (QED) is 0.393. The fourth-order valence-electron chi connectivity index (χ4n) is 0.207. The molecule has 0 saturated carbocycles. The summed E-state index contributed by atoms with van der Waals surface area (Å²) in [7, 11) is 0. The molecular weight excluding hydrogens is 100 g/mol. The lowest BCUT2D eigenvalue weighted by Gasteiger charge is -1.82. The molecule has 0 aliphatic heterocycles. The molecular formula is C6H10N2. The van der Waals surface area contributed by atoms with Gasteiger partial charge in [-0.25, -0.2) is 4.99 Å². The first-order valence-electron chi connectivity index (χ1n) is 2.37. The van der Waals surface area contributed by atoms with Gasteiger partial charge in [-0.15, -0.1) is 0 Å². The molecule has 0 aromatic heterocycles. The van der Waals surface area contributed by atoms with E-state index in [2.05, 4.69) is 11.6 Å². The van der Waals surface area contributed by atoms with Crippen LogP contribution in [-0.2, 0) is 0 Å². The largest absolute Gasteiger partial charge is 0.287 e. The summed E-state index contributed by atoms with van der Waals surface area (Å²) in [6.07, 6.45) is 1.57. The summed E-state index contributed by atoms with van der Waals surface area (Å²) in [5.41, 5.74) is 0.872. The number of hydrogen-bond acceptors (Lipinski definition) is 1. The van der Waals surface area contributed by atoms with Crippen molar-refractivity contribution in [2.24, 2.45) is 4.99 Å². The van der Waals surface area contributed by atoms with E-state index < -0.39 is 0 Å². The van der Waals surface area contributed by atoms with E-state index in [4.69, 9.17) is 5.41 Å². The van der Waals surface area contributed by atoms with Gasteiger partial charge in [0.05, 0.1) is 0 Å². The first-order chi connectivity index (χ1) is 3.63. The summed E-state index contributed by atoms with van der Waals surface area (Å²) in [5, 5.41) is 6.85. The van der Waals surface area contributed by atoms with Crippen molar-refractivity contribution in [2.75, 3.05) is 0 Å². The van der Waals surface area contributed by atoms with Gasteiger partial charge in [0.25, 0.3) is 0 Å². The van der Waals surface area contributed by atoms with Gasteiger partial charge in [-0.3, -0.25) is 5.41 Å². The maximum atomic E-state index is 6.85. The number of amidine groups is 1. The molecule has 8 heavy (non-hydrogen) atoms. The second-order valence-corrected chi connectivity index (χ2v) is 1.69. The number of allylic oxidation sites excluding steroid dienone is 1. The molecule has 1 N–H and O–H groups in total. The van der Waals surface area contributed by atoms with Gasteiger partial charge in [0, 0.05) is 6.21 Å². The monoisotopic (exact) mass is 110 g/mol. The topological polar surface area (TPSA) is 36.2 Å². The van der Waals surface area contributed by atoms with E-state index in [9.17, 15) is 0 Å². The SMILES string of the molecule is C=C(C)C=NC(C)=N. The summed E-state index contributed by atoms with van der Waals surface area (Å²) in [4.78, 5) is 3.68. The molecule has 44 valence electrons. The van der Waals surface area contributed by atoms with E-state index in [1.54, 1.807) is 13.1 Å². The summed E-state index contributed by atoms with van der Waals surface area (Å²) >= 11 is 0. The first kappa shape index (κ1) is 7.08. The van der Waals surface area contributed by atoms with Gasteiger partial charge in [0.1, 0.15) is 5.84 Å². The Bertz CT molecular complexity index is 117. The van der Waals surface area contributed by atoms with Crippen LogP contribution in [0.3, 0.4) is 0 Å². The lowest BCUT2D eigenvalue weighted by Crippen LogP contribution is -1.82. The van der Waals surface area contributed by atoms with Gasteiger partial charge < -0.3 is 0 Å². The second-order valence-electron chi connectivity index (χ2n) is 1.69. The van der Waals surface area contributed by atoms with Gasteiger partial charge in [-0.2, -0.15) is 0 Å². The van der Waals surface area contributed by atoms with Crippen LogP contribution in [0, 0.1) is 5.41 Å². The number of nitrogens with one attached hydrogen (secondary N) is 1. The zero-order valence-corrected chi connectivity index (χ0v) is 5.23. The first-order valence-corrected chi connectivity index (χ1v) is 2.37. The van der Waals surface area contributed by atoms with Crippen molar-refractivity contribution in [3.63, 3.8) is 0 Å². The molecule has 0 fully saturated rings. The average Bonchev–Trinajstić information content (AvgIpc) is 1.61. The van der Waals surface area contributed by atoms with E-state index in [0.717, 1.165) is 5.57 Å². The fraction of sp³-hybridized carbons (Fsp3) is 0.333. The number of nitrogens with zero attached hydrogens (tertiary/aromatic N) is 1. The minimum absolute atomic E-state index is 0.313. The van der Waals surface area contributed by atoms with Crippen molar-refractivity contribution in [1.29, 1.82) is 5.41 Å². The summed E-state index contributed by atoms with van der Waals surface area (Å²) in [6, 6.07) is 0. The summed E-state index contributed by atoms with van der Waals surface area (Å²) in [5.74, 6) is 0.313. The third-order valence-corrected chi connectivity index (χ3v) is 0.479. The van der Waals surface area contributed by atoms with Crippen LogP contribution in [0.5, 0.6) is 0 Å². The zero-order valence-electron chi connectivity index (χ0n) is 5.23. The van der Waals surface area contributed by atoms with Crippen molar-refractivity contribution < 1.29 is 0 Å². The summed E-state index contributed by atoms with van der Waals surface area (Å²) in [6.45, 7) is 7.05. The molecule has 2 nitrogen and oxygen atoms in total. The van der Waals surface area contributed by atoms with Crippen molar-refractivity contribution >= 4 is 12.1 Å². The highest BCUT2D eigenvalue weighted by atomic mass is 14.8. The van der Waals surface area contributed by atoms with E-state index in [1.165, 1.54) is 0 Å². The molecule has 2 heteroatoms. The molecule has 0 bridgehead atoms. The van der Waals surface area contributed by atoms with Gasteiger partial charge in [0.15, 0.2) is 0 Å². The molecule has 0 spiro atoms. The third-order valence-electron chi connectivity index (χ3n) is 0.479. The maximum Gasteiger partial charge on any atom is 0.117 e. The Labute approximate surface area is 49.5 Å². The second kappa shape index (κ2) is 3.13. The smallest absolute Gasteiger partial charge is 0.117 e. The summed E-state index contributed by atoms with van der Waals surface area (Å²) < 4.78 is 0. The van der Waals surface area contributed by atoms with Crippen LogP contribution in [-0.4, -0.2) is 12.1 Å². The highest BCUT2D eigenvalue weighted by Crippen LogP contribution is 1.79. The Balaban J connectivity index is 3.67. The van der Waals surface area contributed by atoms with E-state index in [-0.39, 0.29) is 0 Å². The minimum Gasteiger partial charge on any atom is -0.287 e. The van der Waals surface area contributed by atoms with Crippen molar-refractivity contribution in [1.82, 2.24) is 0 Å². The number of aliphatic imine (C=N–C) groups is 1. The molecule has 0 amide bonds. The molecule has 0 aliphatic carbocycles. The highest BCUT2D eigenvalue weighted by Gasteiger charge is 1.75. The van der Waals surface area contributed by atoms with Crippen LogP contribution in [0.25, 0.3) is 0 Å². The van der Waals surface area contributed by atoms with Crippen molar-refractivity contribution in [3.05, 3.63) is 12.2 Å². The molecule has 0 heterocycles. The van der Waals surface area contributed by atoms with Crippen molar-refractivity contribution in [3.8, 4) is 0 Å². The lowest BCUT2D eigenvalue weighted by atomic mass is 10.4. The Hall–Kier alpha value is -0.920. The Kier molecular flexibility index (Phi) is 2.77. The predicted octanol–water partition coefficient (Wildman–Crippen LogP) is 1.63. The van der Waals surface area contributed by atoms with Gasteiger partial charge >= 0.3 is 0 Å². The Morgan fingerprint density at radius 2 is 2.12 bits per heavy atom. The van der Waals surface area contributed by atoms with Crippen molar-refractivity contribution in [2.45, 2.75) is 13.8 Å².